The molecule has 0 nitrogen and oxygen atoms in total. The number of hydrogen-bond donors (Lipinski definition) is 0. The Morgan fingerprint density at radius 3 is 0.0147 bits per heavy atom. The number of hydrogen-bond acceptors (Lipinski definition) is 0. The average molecular weight is 12700 g/mol. The normalized spacial score (nSPS) is 0. The Labute approximate surface area is 1350 Å². The second kappa shape index (κ2) is 681. The van der Waals surface area contributed by atoms with E-state index in [4.69, 9.17) is 0 Å². The number of rotatable bonds is 0. The SMILES string of the molecule is [Re].[Re].[Re].[Re].[Re].[Re].[Re].[Re].[Re].[Re].[Re].[Re].[Re].[Re].[Re].[Re].[Re].[Re].[Re].[Re].[Re].[Re].[Re].[Re].[Re].[Re].[Re].[Re].[Re].[Re].[Re].[Re].[Re].[Re].[Re].[Re].[Re].[Re].[Re].[Re].[Re].[Re].[Re].[Re].[Re].[Re].[Re].[Re].[Re].[Re].[Re].[Re].[Re].[Re].[Re].[Re].[Re].[Re].[Re].[Re].[Re].[Re].[Re].[Re].[Re].[Re].[Re].[Re]. The van der Waals surface area contributed by atoms with E-state index in [1.165, 1.54) is 0 Å². The van der Waals surface area contributed by atoms with Crippen LogP contribution in [0.15, 0.2) is 0 Å². The van der Waals surface area contributed by atoms with Crippen molar-refractivity contribution < 1.29 is 1390 Å². The van der Waals surface area contributed by atoms with Gasteiger partial charge in [0.15, 0.2) is 0 Å². The monoisotopic (exact) mass is 12700 g/mol. The van der Waals surface area contributed by atoms with Crippen LogP contribution < -0.4 is 0 Å². The third-order valence-corrected chi connectivity index (χ3v) is 0. The summed E-state index contributed by atoms with van der Waals surface area (Å²) >= 11 is 0. The van der Waals surface area contributed by atoms with Crippen LogP contribution in [0.4, 0.5) is 0 Å². The summed E-state index contributed by atoms with van der Waals surface area (Å²) in [5.74, 6) is 0. The molecule has 0 aromatic heterocycles. The van der Waals surface area contributed by atoms with E-state index < -0.39 is 0 Å². The minimum absolute atomic E-state index is 0. The fourth-order valence-corrected chi connectivity index (χ4v) is 0. The van der Waals surface area contributed by atoms with Gasteiger partial charge in [-0.15, -0.1) is 0 Å². The largest absolute Gasteiger partial charge is 0 e. The summed E-state index contributed by atoms with van der Waals surface area (Å²) in [7, 11) is 0. The van der Waals surface area contributed by atoms with Gasteiger partial charge in [0.25, 0.3) is 0 Å². The molecule has 0 aliphatic rings. The molecule has 476 valence electrons. The Hall–Kier alpha value is 45.0. The fraction of sp³-hybridized carbons (Fsp3) is 0. The van der Waals surface area contributed by atoms with Gasteiger partial charge in [0.2, 0.25) is 0 Å². The molecule has 0 aliphatic carbocycles. The molecule has 0 atom stereocenters. The van der Waals surface area contributed by atoms with Crippen LogP contribution >= 0.6 is 0 Å². The van der Waals surface area contributed by atoms with Gasteiger partial charge in [0.1, 0.15) is 0 Å². The first-order valence-corrected chi connectivity index (χ1v) is 0. The third kappa shape index (κ3) is 663. The second-order valence-electron chi connectivity index (χ2n) is 0. The van der Waals surface area contributed by atoms with Gasteiger partial charge in [-0.2, -0.15) is 0 Å². The molecule has 0 fully saturated rings. The zero-order valence-electron chi connectivity index (χ0n) is 25.7. The summed E-state index contributed by atoms with van der Waals surface area (Å²) in [6, 6.07) is 0. The van der Waals surface area contributed by atoms with Crippen molar-refractivity contribution >= 4 is 0 Å². The summed E-state index contributed by atoms with van der Waals surface area (Å²) < 4.78 is 0. The van der Waals surface area contributed by atoms with E-state index in [0.717, 1.165) is 0 Å². The Balaban J connectivity index is 0. The second-order valence-corrected chi connectivity index (χ2v) is 0. The molecule has 0 saturated heterocycles. The van der Waals surface area contributed by atoms with Crippen molar-refractivity contribution in [1.82, 2.24) is 0 Å². The predicted molar refractivity (Wildman–Crippen MR) is 0 cm³/mol. The van der Waals surface area contributed by atoms with Crippen molar-refractivity contribution in [3.63, 3.8) is 0 Å². The Bertz CT molecular complexity index is 0. The average Bonchev–Trinajstić information content (AvgIpc) is 0. The van der Waals surface area contributed by atoms with E-state index in [0.29, 0.717) is 0 Å². The maximum atomic E-state index is 0. The zero-order chi connectivity index (χ0) is 0. The first-order chi connectivity index (χ1) is 0. The van der Waals surface area contributed by atoms with Crippen LogP contribution in [0.25, 0.3) is 0 Å². The van der Waals surface area contributed by atoms with E-state index in [1.54, 1.807) is 0 Å². The van der Waals surface area contributed by atoms with Crippen molar-refractivity contribution in [2.45, 2.75) is 0 Å². The first kappa shape index (κ1) is 700. The fourth-order valence-electron chi connectivity index (χ4n) is 0. The topological polar surface area (TPSA) is 0 Å². The van der Waals surface area contributed by atoms with Crippen LogP contribution in [0, 0.1) is 0 Å². The van der Waals surface area contributed by atoms with E-state index in [-0.39, 0.29) is 1390 Å². The standard InChI is InChI=1S/68Re. The molecular formula is Re68. The van der Waals surface area contributed by atoms with Gasteiger partial charge in [0, 0.05) is 1390 Å². The molecule has 0 bridgehead atoms. The maximum absolute atomic E-state index is 0. The maximum Gasteiger partial charge on any atom is 0 e. The Morgan fingerprint density at radius 2 is 0.0147 bits per heavy atom. The van der Waals surface area contributed by atoms with Crippen LogP contribution in [0.2, 0.25) is 0 Å². The van der Waals surface area contributed by atoms with Crippen LogP contribution in [-0.4, -0.2) is 0 Å². The zero-order valence-corrected chi connectivity index (χ0v) is 210. The molecular weight excluding hydrogens is 12700 g/mol. The summed E-state index contributed by atoms with van der Waals surface area (Å²) in [4.78, 5) is 0. The van der Waals surface area contributed by atoms with E-state index >= 15 is 0 Å². The molecule has 0 unspecified atom stereocenters. The van der Waals surface area contributed by atoms with Gasteiger partial charge >= 0.3 is 0 Å². The van der Waals surface area contributed by atoms with E-state index in [1.807, 2.05) is 0 Å². The minimum Gasteiger partial charge on any atom is 0 e. The van der Waals surface area contributed by atoms with E-state index in [9.17, 15) is 0 Å². The molecule has 0 N–H and O–H groups in total. The third-order valence-electron chi connectivity index (χ3n) is 0. The van der Waals surface area contributed by atoms with Crippen LogP contribution in [0.3, 0.4) is 0 Å². The molecule has 0 aromatic carbocycles. The van der Waals surface area contributed by atoms with Gasteiger partial charge in [-0.1, -0.05) is 0 Å². The molecule has 0 amide bonds. The summed E-state index contributed by atoms with van der Waals surface area (Å²) in [6.45, 7) is 0. The molecule has 68 heteroatoms. The van der Waals surface area contributed by atoms with Gasteiger partial charge in [-0.3, -0.25) is 0 Å². The van der Waals surface area contributed by atoms with Crippen LogP contribution in [0.5, 0.6) is 0 Å². The van der Waals surface area contributed by atoms with Gasteiger partial charge in [0.05, 0.1) is 0 Å². The molecule has 0 saturated carbocycles. The Morgan fingerprint density at radius 1 is 0.0147 bits per heavy atom. The molecule has 0 aliphatic heterocycles. The van der Waals surface area contributed by atoms with Crippen LogP contribution in [-0.2, 0) is 1390 Å². The van der Waals surface area contributed by atoms with Gasteiger partial charge < -0.3 is 0 Å². The summed E-state index contributed by atoms with van der Waals surface area (Å²) in [5.41, 5.74) is 0. The molecule has 0 spiro atoms. The molecule has 0 rings (SSSR count). The van der Waals surface area contributed by atoms with Crippen molar-refractivity contribution in [3.8, 4) is 0 Å². The molecule has 68 heavy (non-hydrogen) atoms. The predicted octanol–water partition coefficient (Wildman–Crippen LogP) is -0.170. The first-order valence-electron chi connectivity index (χ1n) is 0. The van der Waals surface area contributed by atoms with Crippen molar-refractivity contribution in [3.05, 3.63) is 0 Å². The molecule has 0 aromatic rings. The molecule has 0 heterocycles. The molecule has 68 radical (unpaired) electrons. The summed E-state index contributed by atoms with van der Waals surface area (Å²) in [5, 5.41) is 0. The minimum atomic E-state index is 0. The van der Waals surface area contributed by atoms with Crippen molar-refractivity contribution in [1.29, 1.82) is 0 Å². The smallest absolute Gasteiger partial charge is 0 e. The van der Waals surface area contributed by atoms with Gasteiger partial charge in [-0.05, 0) is 0 Å². The van der Waals surface area contributed by atoms with Crippen molar-refractivity contribution in [2.24, 2.45) is 0 Å². The summed E-state index contributed by atoms with van der Waals surface area (Å²) in [6.07, 6.45) is 0. The van der Waals surface area contributed by atoms with Crippen molar-refractivity contribution in [2.75, 3.05) is 0 Å². The Kier molecular flexibility index (Phi) is 7010. The van der Waals surface area contributed by atoms with E-state index in [2.05, 4.69) is 0 Å². The van der Waals surface area contributed by atoms with Gasteiger partial charge in [-0.25, -0.2) is 0 Å². The quantitative estimate of drug-likeness (QED) is 0.317. The van der Waals surface area contributed by atoms with Crippen LogP contribution in [0.1, 0.15) is 0 Å².